The van der Waals surface area contributed by atoms with Crippen LogP contribution < -0.4 is 0 Å². The van der Waals surface area contributed by atoms with Crippen molar-refractivity contribution in [2.75, 3.05) is 0 Å². The molecule has 0 saturated heterocycles. The molecule has 0 aromatic heterocycles. The molecular weight excluding hydrogens is 180 g/mol. The molecule has 0 aliphatic heterocycles. The molecule has 2 atom stereocenters. The average Bonchev–Trinajstić information content (AvgIpc) is 2.36. The van der Waals surface area contributed by atoms with Gasteiger partial charge in [-0.3, -0.25) is 0 Å². The first-order valence-electron chi connectivity index (χ1n) is 5.95. The first kappa shape index (κ1) is 10.7. The van der Waals surface area contributed by atoms with Gasteiger partial charge in [-0.15, -0.1) is 0 Å². The second kappa shape index (κ2) is 3.10. The van der Waals surface area contributed by atoms with Crippen LogP contribution in [0.3, 0.4) is 0 Å². The van der Waals surface area contributed by atoms with Crippen molar-refractivity contribution in [3.63, 3.8) is 0 Å². The molecule has 2 aliphatic rings. The summed E-state index contributed by atoms with van der Waals surface area (Å²) in [5.74, 6) is 0.572. The lowest BCUT2D eigenvalue weighted by Gasteiger charge is -2.29. The summed E-state index contributed by atoms with van der Waals surface area (Å²) in [4.78, 5) is 0. The van der Waals surface area contributed by atoms with E-state index < -0.39 is 0 Å². The molecule has 15 heavy (non-hydrogen) atoms. The second-order valence-corrected chi connectivity index (χ2v) is 5.84. The van der Waals surface area contributed by atoms with Crippen LogP contribution in [0.5, 0.6) is 0 Å². The maximum absolute atomic E-state index is 2.42. The van der Waals surface area contributed by atoms with Gasteiger partial charge in [0.1, 0.15) is 0 Å². The van der Waals surface area contributed by atoms with Gasteiger partial charge in [0, 0.05) is 10.8 Å². The van der Waals surface area contributed by atoms with E-state index in [9.17, 15) is 0 Å². The molecule has 0 aromatic rings. The van der Waals surface area contributed by atoms with Crippen molar-refractivity contribution >= 4 is 0 Å². The van der Waals surface area contributed by atoms with Crippen LogP contribution in [-0.4, -0.2) is 0 Å². The van der Waals surface area contributed by atoms with Crippen LogP contribution in [0.25, 0.3) is 0 Å². The monoisotopic (exact) mass is 202 g/mol. The Morgan fingerprint density at radius 3 is 1.80 bits per heavy atom. The number of hydrogen-bond donors (Lipinski definition) is 0. The highest BCUT2D eigenvalue weighted by Gasteiger charge is 2.43. The molecular formula is C15H22. The van der Waals surface area contributed by atoms with Gasteiger partial charge < -0.3 is 0 Å². The normalized spacial score (nSPS) is 44.5. The Morgan fingerprint density at radius 1 is 1.00 bits per heavy atom. The van der Waals surface area contributed by atoms with Crippen LogP contribution in [0, 0.1) is 16.7 Å². The minimum atomic E-state index is 0.290. The van der Waals surface area contributed by atoms with E-state index in [0.29, 0.717) is 5.92 Å². The van der Waals surface area contributed by atoms with Gasteiger partial charge in [-0.1, -0.05) is 56.2 Å². The summed E-state index contributed by atoms with van der Waals surface area (Å²) in [5, 5.41) is 0. The van der Waals surface area contributed by atoms with Crippen molar-refractivity contribution in [2.24, 2.45) is 16.7 Å². The molecule has 82 valence electrons. The van der Waals surface area contributed by atoms with Gasteiger partial charge in [-0.05, 0) is 26.2 Å². The fraction of sp³-hybridized carbons (Fsp3) is 0.600. The van der Waals surface area contributed by atoms with E-state index in [2.05, 4.69) is 58.9 Å². The first-order chi connectivity index (χ1) is 6.87. The second-order valence-electron chi connectivity index (χ2n) is 5.84. The lowest BCUT2D eigenvalue weighted by atomic mass is 9.75. The van der Waals surface area contributed by atoms with E-state index in [-0.39, 0.29) is 10.8 Å². The largest absolute Gasteiger partial charge is 0.0810 e. The Balaban J connectivity index is 2.56. The quantitative estimate of drug-likeness (QED) is 0.507. The molecule has 0 radical (unpaired) electrons. The van der Waals surface area contributed by atoms with Gasteiger partial charge in [0.15, 0.2) is 0 Å². The third kappa shape index (κ3) is 1.51. The molecule has 0 heteroatoms. The van der Waals surface area contributed by atoms with Crippen molar-refractivity contribution < 1.29 is 0 Å². The van der Waals surface area contributed by atoms with Crippen LogP contribution in [0.2, 0.25) is 0 Å². The van der Waals surface area contributed by atoms with E-state index >= 15 is 0 Å². The molecule has 0 nitrogen and oxygen atoms in total. The van der Waals surface area contributed by atoms with Crippen LogP contribution in [-0.2, 0) is 0 Å². The van der Waals surface area contributed by atoms with Gasteiger partial charge in [0.2, 0.25) is 0 Å². The Kier molecular flexibility index (Phi) is 2.22. The van der Waals surface area contributed by atoms with Gasteiger partial charge in [0.25, 0.3) is 0 Å². The van der Waals surface area contributed by atoms with Gasteiger partial charge in [0.05, 0.1) is 0 Å². The van der Waals surface area contributed by atoms with Crippen LogP contribution in [0.4, 0.5) is 0 Å². The molecule has 0 saturated carbocycles. The predicted octanol–water partition coefficient (Wildman–Crippen LogP) is 4.50. The third-order valence-electron chi connectivity index (χ3n) is 4.55. The summed E-state index contributed by atoms with van der Waals surface area (Å²) < 4.78 is 0. The Labute approximate surface area is 93.8 Å². The van der Waals surface area contributed by atoms with E-state index in [1.807, 2.05) is 0 Å². The minimum absolute atomic E-state index is 0.290. The van der Waals surface area contributed by atoms with E-state index in [1.54, 1.807) is 11.1 Å². The SMILES string of the molecule is CC1=C(C)C2(C)C=CC(C)C=CC1(C)C2. The van der Waals surface area contributed by atoms with Crippen molar-refractivity contribution in [2.45, 2.75) is 41.0 Å². The highest BCUT2D eigenvalue weighted by molar-refractivity contribution is 5.40. The average molecular weight is 202 g/mol. The predicted molar refractivity (Wildman–Crippen MR) is 66.6 cm³/mol. The lowest BCUT2D eigenvalue weighted by molar-refractivity contribution is 0.378. The van der Waals surface area contributed by atoms with Crippen molar-refractivity contribution in [3.05, 3.63) is 35.5 Å². The van der Waals surface area contributed by atoms with Crippen LogP contribution in [0.1, 0.15) is 41.0 Å². The molecule has 2 bridgehead atoms. The van der Waals surface area contributed by atoms with E-state index in [1.165, 1.54) is 6.42 Å². The summed E-state index contributed by atoms with van der Waals surface area (Å²) in [7, 11) is 0. The summed E-state index contributed by atoms with van der Waals surface area (Å²) >= 11 is 0. The third-order valence-corrected chi connectivity index (χ3v) is 4.55. The zero-order chi connectivity index (χ0) is 11.3. The summed E-state index contributed by atoms with van der Waals surface area (Å²) in [6.07, 6.45) is 10.8. The zero-order valence-corrected chi connectivity index (χ0v) is 10.6. The minimum Gasteiger partial charge on any atom is -0.0810 e. The van der Waals surface area contributed by atoms with Crippen LogP contribution in [0.15, 0.2) is 35.5 Å². The highest BCUT2D eigenvalue weighted by Crippen LogP contribution is 2.55. The number of hydrogen-bond acceptors (Lipinski definition) is 0. The molecule has 0 fully saturated rings. The standard InChI is InChI=1S/C15H22/c1-11-6-8-14(4)10-15(5,9-7-11)13(3)12(14)2/h6-9,11H,10H2,1-5H3. The lowest BCUT2D eigenvalue weighted by Crippen LogP contribution is -2.19. The molecule has 2 unspecified atom stereocenters. The van der Waals surface area contributed by atoms with Gasteiger partial charge in [-0.25, -0.2) is 0 Å². The molecule has 2 rings (SSSR count). The number of rotatable bonds is 0. The Bertz CT molecular complexity index is 335. The van der Waals surface area contributed by atoms with E-state index in [0.717, 1.165) is 0 Å². The molecule has 0 N–H and O–H groups in total. The zero-order valence-electron chi connectivity index (χ0n) is 10.6. The molecule has 2 aliphatic carbocycles. The van der Waals surface area contributed by atoms with Gasteiger partial charge >= 0.3 is 0 Å². The summed E-state index contributed by atoms with van der Waals surface area (Å²) in [6.45, 7) is 11.6. The summed E-state index contributed by atoms with van der Waals surface area (Å²) in [5.41, 5.74) is 3.72. The topological polar surface area (TPSA) is 0 Å². The van der Waals surface area contributed by atoms with Crippen LogP contribution >= 0.6 is 0 Å². The smallest absolute Gasteiger partial charge is 0.00740 e. The molecule has 0 heterocycles. The fourth-order valence-electron chi connectivity index (χ4n) is 3.05. The van der Waals surface area contributed by atoms with Crippen molar-refractivity contribution in [3.8, 4) is 0 Å². The summed E-state index contributed by atoms with van der Waals surface area (Å²) in [6, 6.07) is 0. The Hall–Kier alpha value is -0.780. The molecule has 0 amide bonds. The maximum atomic E-state index is 2.42. The fourth-order valence-corrected chi connectivity index (χ4v) is 3.05. The highest BCUT2D eigenvalue weighted by atomic mass is 14.5. The van der Waals surface area contributed by atoms with E-state index in [4.69, 9.17) is 0 Å². The Morgan fingerprint density at radius 2 is 1.40 bits per heavy atom. The molecule has 0 aromatic carbocycles. The maximum Gasteiger partial charge on any atom is 0.00740 e. The van der Waals surface area contributed by atoms with Crippen molar-refractivity contribution in [1.29, 1.82) is 0 Å². The van der Waals surface area contributed by atoms with Gasteiger partial charge in [-0.2, -0.15) is 0 Å². The first-order valence-corrected chi connectivity index (χ1v) is 5.95. The van der Waals surface area contributed by atoms with Crippen molar-refractivity contribution in [1.82, 2.24) is 0 Å². The number of fused-ring (bicyclic) bond motifs is 2. The molecule has 0 spiro atoms. The number of allylic oxidation sites excluding steroid dienone is 6.